The Morgan fingerprint density at radius 2 is 1.62 bits per heavy atom. The molecule has 4 saturated carbocycles. The molecule has 0 aliphatic heterocycles. The Kier molecular flexibility index (Phi) is 11.4. The topological polar surface area (TPSA) is 78.6 Å². The van der Waals surface area contributed by atoms with E-state index in [0.29, 0.717) is 66.9 Å². The number of fused-ring (bicyclic) bond motifs is 5. The summed E-state index contributed by atoms with van der Waals surface area (Å²) in [6.45, 7) is 10.7. The van der Waals surface area contributed by atoms with E-state index >= 15 is 0 Å². The molecule has 5 nitrogen and oxygen atoms in total. The van der Waals surface area contributed by atoms with Crippen molar-refractivity contribution in [1.82, 2.24) is 0 Å². The van der Waals surface area contributed by atoms with Gasteiger partial charge in [0.2, 0.25) is 0 Å². The maximum atomic E-state index is 12.7. The zero-order chi connectivity index (χ0) is 28.8. The molecule has 0 saturated heterocycles. The minimum atomic E-state index is -0.0969. The summed E-state index contributed by atoms with van der Waals surface area (Å²) in [5, 5.41) is 0. The van der Waals surface area contributed by atoms with Crippen LogP contribution in [0, 0.1) is 46.3 Å². The number of unbranched alkanes of at least 4 members (excludes halogenated alkanes) is 5. The summed E-state index contributed by atoms with van der Waals surface area (Å²) < 4.78 is 11.9. The van der Waals surface area contributed by atoms with Gasteiger partial charge in [0.25, 0.3) is 0 Å². The van der Waals surface area contributed by atoms with Gasteiger partial charge in [0, 0.05) is 18.9 Å². The van der Waals surface area contributed by atoms with Crippen LogP contribution < -0.4 is 5.73 Å². The van der Waals surface area contributed by atoms with Crippen LogP contribution in [-0.2, 0) is 19.1 Å². The zero-order valence-electron chi connectivity index (χ0n) is 26.4. The van der Waals surface area contributed by atoms with E-state index in [4.69, 9.17) is 15.2 Å². The Morgan fingerprint density at radius 3 is 2.40 bits per heavy atom. The van der Waals surface area contributed by atoms with E-state index in [0.717, 1.165) is 25.7 Å². The van der Waals surface area contributed by atoms with Crippen LogP contribution >= 0.6 is 0 Å². The van der Waals surface area contributed by atoms with Crippen LogP contribution in [0.4, 0.5) is 0 Å². The molecule has 6 unspecified atom stereocenters. The van der Waals surface area contributed by atoms with E-state index in [9.17, 15) is 9.59 Å². The number of carbonyl (C=O) groups is 2. The number of ether oxygens (including phenoxy) is 2. The largest absolute Gasteiger partial charge is 0.466 e. The van der Waals surface area contributed by atoms with Crippen LogP contribution in [-0.4, -0.2) is 31.2 Å². The number of nitrogens with two attached hydrogens (primary N) is 1. The summed E-state index contributed by atoms with van der Waals surface area (Å²) in [6, 6.07) is 0. The number of hydrogen-bond donors (Lipinski definition) is 1. The molecule has 0 aromatic heterocycles. The SMILES string of the molecule is CCCCCCCCOC(=O)CC[C@@H](C)C1CCC2C3C(OC(=O)CCN)C[C@@H]4CCCC[C@]4(C)C3CCC21C. The molecule has 4 aliphatic carbocycles. The Bertz CT molecular complexity index is 830. The summed E-state index contributed by atoms with van der Waals surface area (Å²) >= 11 is 0. The van der Waals surface area contributed by atoms with Crippen molar-refractivity contribution in [2.75, 3.05) is 13.2 Å². The van der Waals surface area contributed by atoms with Crippen LogP contribution in [0.2, 0.25) is 0 Å². The lowest BCUT2D eigenvalue weighted by Gasteiger charge is -2.62. The quantitative estimate of drug-likeness (QED) is 0.171. The van der Waals surface area contributed by atoms with Crippen LogP contribution in [0.3, 0.4) is 0 Å². The number of hydrogen-bond acceptors (Lipinski definition) is 5. The van der Waals surface area contributed by atoms with Crippen molar-refractivity contribution in [3.8, 4) is 0 Å². The molecule has 230 valence electrons. The molecule has 4 rings (SSSR count). The number of rotatable bonds is 14. The molecular weight excluding hydrogens is 498 g/mol. The van der Waals surface area contributed by atoms with Gasteiger partial charge in [-0.15, -0.1) is 0 Å². The van der Waals surface area contributed by atoms with Crippen molar-refractivity contribution in [3.63, 3.8) is 0 Å². The molecule has 40 heavy (non-hydrogen) atoms. The van der Waals surface area contributed by atoms with E-state index in [1.807, 2.05) is 0 Å². The van der Waals surface area contributed by atoms with Gasteiger partial charge in [-0.2, -0.15) is 0 Å². The van der Waals surface area contributed by atoms with Crippen LogP contribution in [0.1, 0.15) is 143 Å². The van der Waals surface area contributed by atoms with Crippen LogP contribution in [0.15, 0.2) is 0 Å². The summed E-state index contributed by atoms with van der Waals surface area (Å²) in [5.41, 5.74) is 6.38. The Morgan fingerprint density at radius 1 is 0.875 bits per heavy atom. The smallest absolute Gasteiger partial charge is 0.307 e. The number of carbonyl (C=O) groups excluding carboxylic acids is 2. The molecule has 0 aromatic rings. The molecule has 0 aromatic carbocycles. The first kappa shape index (κ1) is 31.8. The average molecular weight is 560 g/mol. The molecule has 0 heterocycles. The summed E-state index contributed by atoms with van der Waals surface area (Å²) in [4.78, 5) is 25.3. The Balaban J connectivity index is 1.36. The van der Waals surface area contributed by atoms with Crippen molar-refractivity contribution < 1.29 is 19.1 Å². The highest BCUT2D eigenvalue weighted by Gasteiger charge is 2.63. The molecule has 2 N–H and O–H groups in total. The van der Waals surface area contributed by atoms with Gasteiger partial charge >= 0.3 is 11.9 Å². The zero-order valence-corrected chi connectivity index (χ0v) is 26.4. The first-order chi connectivity index (χ1) is 19.2. The van der Waals surface area contributed by atoms with Crippen LogP contribution in [0.25, 0.3) is 0 Å². The molecule has 5 heteroatoms. The van der Waals surface area contributed by atoms with Gasteiger partial charge in [-0.3, -0.25) is 9.59 Å². The fraction of sp³-hybridized carbons (Fsp3) is 0.943. The third-order valence-corrected chi connectivity index (χ3v) is 12.5. The minimum Gasteiger partial charge on any atom is -0.466 e. The second kappa shape index (κ2) is 14.4. The third-order valence-electron chi connectivity index (χ3n) is 12.5. The van der Waals surface area contributed by atoms with Gasteiger partial charge in [0.15, 0.2) is 0 Å². The van der Waals surface area contributed by atoms with Gasteiger partial charge in [0.1, 0.15) is 6.10 Å². The molecule has 9 atom stereocenters. The normalized spacial score (nSPS) is 37.6. The molecule has 4 aliphatic rings. The molecule has 0 amide bonds. The van der Waals surface area contributed by atoms with Crippen molar-refractivity contribution in [3.05, 3.63) is 0 Å². The van der Waals surface area contributed by atoms with E-state index in [1.165, 1.54) is 77.0 Å². The monoisotopic (exact) mass is 559 g/mol. The molecule has 0 bridgehead atoms. The van der Waals surface area contributed by atoms with Crippen LogP contribution in [0.5, 0.6) is 0 Å². The predicted molar refractivity (Wildman–Crippen MR) is 162 cm³/mol. The fourth-order valence-electron chi connectivity index (χ4n) is 10.4. The number of esters is 2. The van der Waals surface area contributed by atoms with E-state index < -0.39 is 0 Å². The maximum Gasteiger partial charge on any atom is 0.307 e. The Hall–Kier alpha value is -1.10. The van der Waals surface area contributed by atoms with Crippen molar-refractivity contribution in [2.45, 2.75) is 149 Å². The highest BCUT2D eigenvalue weighted by molar-refractivity contribution is 5.70. The summed E-state index contributed by atoms with van der Waals surface area (Å²) in [5.74, 6) is 3.44. The fourth-order valence-corrected chi connectivity index (χ4v) is 10.4. The summed E-state index contributed by atoms with van der Waals surface area (Å²) in [6.07, 6.45) is 20.5. The Labute approximate surface area is 245 Å². The average Bonchev–Trinajstić information content (AvgIpc) is 3.28. The lowest BCUT2D eigenvalue weighted by Crippen LogP contribution is -2.58. The molecule has 0 radical (unpaired) electrons. The van der Waals surface area contributed by atoms with E-state index in [1.54, 1.807) is 0 Å². The summed E-state index contributed by atoms with van der Waals surface area (Å²) in [7, 11) is 0. The molecular formula is C35H61NO4. The molecule has 0 spiro atoms. The minimum absolute atomic E-state index is 0.0146. The second-order valence-corrected chi connectivity index (χ2v) is 14.8. The van der Waals surface area contributed by atoms with E-state index in [-0.39, 0.29) is 23.5 Å². The lowest BCUT2D eigenvalue weighted by molar-refractivity contribution is -0.190. The highest BCUT2D eigenvalue weighted by atomic mass is 16.5. The van der Waals surface area contributed by atoms with Crippen molar-refractivity contribution >= 4 is 11.9 Å². The second-order valence-electron chi connectivity index (χ2n) is 14.8. The standard InChI is InChI=1S/C35H61NO4/c1-5-6-7-8-9-12-23-39-31(37)17-14-25(2)27-15-16-28-33-29(18-21-35(27,28)4)34(3)20-11-10-13-26(34)24-30(33)40-32(38)19-22-36/h25-30,33H,5-24,36H2,1-4H3/t25-,26+,27?,28?,29?,30?,33?,34+,35?/m1/s1. The van der Waals surface area contributed by atoms with Gasteiger partial charge < -0.3 is 15.2 Å². The first-order valence-electron chi connectivity index (χ1n) is 17.3. The van der Waals surface area contributed by atoms with Gasteiger partial charge in [-0.1, -0.05) is 72.6 Å². The van der Waals surface area contributed by atoms with Gasteiger partial charge in [-0.05, 0) is 98.2 Å². The van der Waals surface area contributed by atoms with Gasteiger partial charge in [0.05, 0.1) is 13.0 Å². The highest BCUT2D eigenvalue weighted by Crippen LogP contribution is 2.68. The third kappa shape index (κ3) is 6.92. The van der Waals surface area contributed by atoms with E-state index in [2.05, 4.69) is 27.7 Å². The van der Waals surface area contributed by atoms with Crippen molar-refractivity contribution in [1.29, 1.82) is 0 Å². The maximum absolute atomic E-state index is 12.7. The predicted octanol–water partition coefficient (Wildman–Crippen LogP) is 8.23. The van der Waals surface area contributed by atoms with Crippen molar-refractivity contribution in [2.24, 2.45) is 52.1 Å². The first-order valence-corrected chi connectivity index (χ1v) is 17.3. The van der Waals surface area contributed by atoms with Gasteiger partial charge in [-0.25, -0.2) is 0 Å². The molecule has 4 fully saturated rings. The lowest BCUT2D eigenvalue weighted by atomic mass is 9.44.